The summed E-state index contributed by atoms with van der Waals surface area (Å²) >= 11 is 0. The Labute approximate surface area is 121 Å². The summed E-state index contributed by atoms with van der Waals surface area (Å²) in [5.74, 6) is 0. The van der Waals surface area contributed by atoms with E-state index in [9.17, 15) is 5.11 Å². The molecule has 1 aromatic carbocycles. The van der Waals surface area contributed by atoms with E-state index in [4.69, 9.17) is 0 Å². The summed E-state index contributed by atoms with van der Waals surface area (Å²) < 4.78 is 1.90. The Morgan fingerprint density at radius 1 is 1.00 bits per heavy atom. The highest BCUT2D eigenvalue weighted by molar-refractivity contribution is 5.82. The number of hydrogen-bond acceptors (Lipinski definition) is 3. The van der Waals surface area contributed by atoms with Gasteiger partial charge in [-0.1, -0.05) is 30.3 Å². The first-order chi connectivity index (χ1) is 10.3. The number of fused-ring (bicyclic) bond motifs is 2. The number of rotatable bonds is 2. The van der Waals surface area contributed by atoms with Crippen LogP contribution >= 0.6 is 0 Å². The van der Waals surface area contributed by atoms with Gasteiger partial charge in [0.25, 0.3) is 0 Å². The first-order valence-corrected chi connectivity index (χ1v) is 6.78. The molecule has 102 valence electrons. The van der Waals surface area contributed by atoms with Crippen LogP contribution in [-0.2, 0) is 0 Å². The summed E-state index contributed by atoms with van der Waals surface area (Å²) in [4.78, 5) is 8.87. The fourth-order valence-corrected chi connectivity index (χ4v) is 2.59. The van der Waals surface area contributed by atoms with E-state index in [-0.39, 0.29) is 0 Å². The van der Waals surface area contributed by atoms with Gasteiger partial charge in [-0.15, -0.1) is 0 Å². The number of pyridine rings is 2. The van der Waals surface area contributed by atoms with Crippen LogP contribution in [0.25, 0.3) is 16.6 Å². The second kappa shape index (κ2) is 4.68. The van der Waals surface area contributed by atoms with E-state index in [1.807, 2.05) is 65.3 Å². The van der Waals surface area contributed by atoms with Crippen molar-refractivity contribution in [3.05, 3.63) is 78.4 Å². The molecule has 0 aliphatic heterocycles. The lowest BCUT2D eigenvalue weighted by Gasteiger charge is -2.10. The van der Waals surface area contributed by atoms with E-state index in [0.29, 0.717) is 5.69 Å². The van der Waals surface area contributed by atoms with Crippen LogP contribution in [0.3, 0.4) is 0 Å². The summed E-state index contributed by atoms with van der Waals surface area (Å²) in [7, 11) is 0. The lowest BCUT2D eigenvalue weighted by molar-refractivity contribution is 0.217. The van der Waals surface area contributed by atoms with Crippen LogP contribution in [0.15, 0.2) is 67.1 Å². The van der Waals surface area contributed by atoms with Gasteiger partial charge in [0.1, 0.15) is 11.8 Å². The topological polar surface area (TPSA) is 50.4 Å². The van der Waals surface area contributed by atoms with Crippen molar-refractivity contribution in [2.24, 2.45) is 0 Å². The second-order valence-corrected chi connectivity index (χ2v) is 4.96. The minimum absolute atomic E-state index is 0.624. The number of benzene rings is 1. The third-order valence-corrected chi connectivity index (χ3v) is 3.62. The summed E-state index contributed by atoms with van der Waals surface area (Å²) in [6.07, 6.45) is 4.72. The number of para-hydroxylation sites is 1. The maximum Gasteiger partial charge on any atom is 0.137 e. The monoisotopic (exact) mass is 275 g/mol. The highest BCUT2D eigenvalue weighted by atomic mass is 16.3. The zero-order valence-electron chi connectivity index (χ0n) is 11.2. The summed E-state index contributed by atoms with van der Waals surface area (Å²) in [6.45, 7) is 0. The van der Waals surface area contributed by atoms with Crippen molar-refractivity contribution in [3.8, 4) is 0 Å². The number of aliphatic hydroxyl groups excluding tert-OH is 1. The molecule has 1 N–H and O–H groups in total. The molecular formula is C17H13N3O. The SMILES string of the molecule is OC(c1cn2ccccc2n1)c1cccc2cccnc12. The molecule has 0 spiro atoms. The predicted octanol–water partition coefficient (Wildman–Crippen LogP) is 2.96. The first kappa shape index (κ1) is 12.1. The van der Waals surface area contributed by atoms with Crippen LogP contribution in [0.1, 0.15) is 17.4 Å². The molecule has 3 aromatic heterocycles. The third-order valence-electron chi connectivity index (χ3n) is 3.62. The molecule has 21 heavy (non-hydrogen) atoms. The van der Waals surface area contributed by atoms with Crippen molar-refractivity contribution >= 4 is 16.6 Å². The summed E-state index contributed by atoms with van der Waals surface area (Å²) in [6, 6.07) is 15.5. The van der Waals surface area contributed by atoms with Crippen LogP contribution in [0, 0.1) is 0 Å². The number of aliphatic hydroxyl groups is 1. The average Bonchev–Trinajstić information content (AvgIpc) is 2.97. The Kier molecular flexibility index (Phi) is 2.69. The zero-order valence-corrected chi connectivity index (χ0v) is 11.2. The van der Waals surface area contributed by atoms with Crippen LogP contribution in [0.4, 0.5) is 0 Å². The molecule has 0 aliphatic rings. The second-order valence-electron chi connectivity index (χ2n) is 4.96. The van der Waals surface area contributed by atoms with E-state index < -0.39 is 6.10 Å². The molecule has 0 saturated heterocycles. The molecule has 1 atom stereocenters. The highest BCUT2D eigenvalue weighted by Crippen LogP contribution is 2.27. The normalized spacial score (nSPS) is 12.8. The molecule has 4 heteroatoms. The number of aromatic nitrogens is 3. The number of imidazole rings is 1. The van der Waals surface area contributed by atoms with Crippen molar-refractivity contribution in [1.82, 2.24) is 14.4 Å². The third kappa shape index (κ3) is 1.97. The van der Waals surface area contributed by atoms with E-state index in [0.717, 1.165) is 22.1 Å². The van der Waals surface area contributed by atoms with Gasteiger partial charge in [0.2, 0.25) is 0 Å². The maximum atomic E-state index is 10.7. The Morgan fingerprint density at radius 2 is 1.90 bits per heavy atom. The quantitative estimate of drug-likeness (QED) is 0.612. The van der Waals surface area contributed by atoms with Crippen LogP contribution < -0.4 is 0 Å². The smallest absolute Gasteiger partial charge is 0.137 e. The molecule has 1 unspecified atom stereocenters. The maximum absolute atomic E-state index is 10.7. The molecular weight excluding hydrogens is 262 g/mol. The zero-order chi connectivity index (χ0) is 14.2. The van der Waals surface area contributed by atoms with Gasteiger partial charge >= 0.3 is 0 Å². The summed E-state index contributed by atoms with van der Waals surface area (Å²) in [5, 5.41) is 11.7. The van der Waals surface area contributed by atoms with Crippen LogP contribution in [0.2, 0.25) is 0 Å². The van der Waals surface area contributed by atoms with Gasteiger partial charge in [-0.2, -0.15) is 0 Å². The first-order valence-electron chi connectivity index (χ1n) is 6.78. The van der Waals surface area contributed by atoms with Crippen molar-refractivity contribution in [2.75, 3.05) is 0 Å². The number of hydrogen-bond donors (Lipinski definition) is 1. The Morgan fingerprint density at radius 3 is 2.81 bits per heavy atom. The highest BCUT2D eigenvalue weighted by Gasteiger charge is 2.17. The van der Waals surface area contributed by atoms with E-state index in [2.05, 4.69) is 9.97 Å². The van der Waals surface area contributed by atoms with Gasteiger partial charge in [0.05, 0.1) is 11.2 Å². The van der Waals surface area contributed by atoms with E-state index in [1.165, 1.54) is 0 Å². The summed E-state index contributed by atoms with van der Waals surface area (Å²) in [5.41, 5.74) is 3.03. The van der Waals surface area contributed by atoms with Crippen molar-refractivity contribution in [1.29, 1.82) is 0 Å². The van der Waals surface area contributed by atoms with E-state index >= 15 is 0 Å². The van der Waals surface area contributed by atoms with Gasteiger partial charge in [-0.3, -0.25) is 4.98 Å². The standard InChI is InChI=1S/C17H13N3O/c21-17(14-11-20-10-2-1-8-15(20)19-14)13-7-3-5-12-6-4-9-18-16(12)13/h1-11,17,21H. The molecule has 0 saturated carbocycles. The minimum atomic E-state index is -0.788. The molecule has 0 fully saturated rings. The fraction of sp³-hybridized carbons (Fsp3) is 0.0588. The molecule has 0 aliphatic carbocycles. The van der Waals surface area contributed by atoms with Crippen molar-refractivity contribution in [2.45, 2.75) is 6.10 Å². The predicted molar refractivity (Wildman–Crippen MR) is 81.0 cm³/mol. The largest absolute Gasteiger partial charge is 0.382 e. The number of nitrogens with zero attached hydrogens (tertiary/aromatic N) is 3. The Hall–Kier alpha value is -2.72. The van der Waals surface area contributed by atoms with Gasteiger partial charge < -0.3 is 9.51 Å². The molecule has 0 radical (unpaired) electrons. The molecule has 4 nitrogen and oxygen atoms in total. The van der Waals surface area contributed by atoms with Crippen LogP contribution in [0.5, 0.6) is 0 Å². The van der Waals surface area contributed by atoms with Crippen LogP contribution in [-0.4, -0.2) is 19.5 Å². The van der Waals surface area contributed by atoms with Gasteiger partial charge in [-0.05, 0) is 18.2 Å². The van der Waals surface area contributed by atoms with E-state index in [1.54, 1.807) is 6.20 Å². The van der Waals surface area contributed by atoms with Gasteiger partial charge in [0, 0.05) is 29.5 Å². The fourth-order valence-electron chi connectivity index (χ4n) is 2.59. The average molecular weight is 275 g/mol. The molecule has 0 amide bonds. The lowest BCUT2D eigenvalue weighted by Crippen LogP contribution is -2.01. The Bertz CT molecular complexity index is 891. The van der Waals surface area contributed by atoms with Crippen molar-refractivity contribution in [3.63, 3.8) is 0 Å². The molecule has 0 bridgehead atoms. The molecule has 3 heterocycles. The molecule has 4 aromatic rings. The lowest BCUT2D eigenvalue weighted by atomic mass is 10.0. The van der Waals surface area contributed by atoms with Gasteiger partial charge in [-0.25, -0.2) is 4.98 Å². The van der Waals surface area contributed by atoms with Crippen molar-refractivity contribution < 1.29 is 5.11 Å². The molecule has 4 rings (SSSR count). The Balaban J connectivity index is 1.87. The van der Waals surface area contributed by atoms with Gasteiger partial charge in [0.15, 0.2) is 0 Å². The minimum Gasteiger partial charge on any atom is -0.382 e.